The van der Waals surface area contributed by atoms with Crippen LogP contribution in [0.25, 0.3) is 44.5 Å². The average molecular weight is 578 g/mol. The molecule has 0 N–H and O–H groups in total. The molecule has 0 heterocycles. The molecule has 0 fully saturated rings. The molecule has 0 aliphatic rings. The van der Waals surface area contributed by atoms with Gasteiger partial charge in [-0.25, -0.2) is 0 Å². The molecule has 0 radical (unpaired) electrons. The summed E-state index contributed by atoms with van der Waals surface area (Å²) in [5.74, 6) is 0. The molecule has 0 nitrogen and oxygen atoms in total. The topological polar surface area (TPSA) is 0 Å². The van der Waals surface area contributed by atoms with Crippen LogP contribution in [-0.2, 0) is 21.1 Å². The van der Waals surface area contributed by atoms with Crippen LogP contribution in [0.4, 0.5) is 0 Å². The van der Waals surface area contributed by atoms with Gasteiger partial charge in [-0.15, -0.1) is 0 Å². The first-order valence-electron chi connectivity index (χ1n) is 10.3. The van der Waals surface area contributed by atoms with Crippen molar-refractivity contribution in [1.82, 2.24) is 0 Å². The second-order valence-corrected chi connectivity index (χ2v) is 7.37. The van der Waals surface area contributed by atoms with Crippen molar-refractivity contribution in [1.29, 1.82) is 0 Å². The molecule has 0 aromatic heterocycles. The van der Waals surface area contributed by atoms with Gasteiger partial charge >= 0.3 is 0 Å². The molecular weight excluding hydrogens is 555 g/mol. The van der Waals surface area contributed by atoms with E-state index in [9.17, 15) is 0 Å². The van der Waals surface area contributed by atoms with Crippen molar-refractivity contribution in [3.8, 4) is 44.5 Å². The van der Waals surface area contributed by atoms with E-state index in [4.69, 9.17) is 0 Å². The van der Waals surface area contributed by atoms with Crippen LogP contribution < -0.4 is 0 Å². The molecule has 1 heteroatoms. The molecule has 5 rings (SSSR count). The summed E-state index contributed by atoms with van der Waals surface area (Å²) in [7, 11) is 0. The van der Waals surface area contributed by atoms with Gasteiger partial charge in [0.25, 0.3) is 0 Å². The fourth-order valence-electron chi connectivity index (χ4n) is 4.13. The molecule has 0 bridgehead atoms. The first-order chi connectivity index (χ1) is 14.9. The Labute approximate surface area is 198 Å². The molecule has 0 spiro atoms. The van der Waals surface area contributed by atoms with Crippen molar-refractivity contribution in [3.63, 3.8) is 0 Å². The molecule has 152 valence electrons. The Bertz CT molecular complexity index is 1140. The fraction of sp³-hybridized carbons (Fsp3) is 0. The molecule has 0 saturated carbocycles. The largest absolute Gasteiger partial charge is 0.0622 e. The van der Waals surface area contributed by atoms with Crippen LogP contribution in [0, 0.1) is 0 Å². The van der Waals surface area contributed by atoms with Crippen LogP contribution >= 0.6 is 0 Å². The molecule has 0 aliphatic heterocycles. The van der Waals surface area contributed by atoms with Gasteiger partial charge in [0.2, 0.25) is 0 Å². The van der Waals surface area contributed by atoms with Crippen molar-refractivity contribution in [2.24, 2.45) is 0 Å². The Morgan fingerprint density at radius 2 is 0.516 bits per heavy atom. The monoisotopic (exact) mass is 577 g/mol. The number of hydrogen-bond acceptors (Lipinski definition) is 0. The normalized spacial score (nSPS) is 10.3. The first kappa shape index (κ1) is 21.0. The summed E-state index contributed by atoms with van der Waals surface area (Å²) < 4.78 is 0. The quantitative estimate of drug-likeness (QED) is 0.201. The number of hydrogen-bond donors (Lipinski definition) is 0. The molecule has 5 aromatic carbocycles. The molecule has 31 heavy (non-hydrogen) atoms. The third-order valence-electron chi connectivity index (χ3n) is 5.50. The van der Waals surface area contributed by atoms with E-state index in [0.29, 0.717) is 0 Å². The Balaban J connectivity index is 0.00000231. The van der Waals surface area contributed by atoms with E-state index in [0.717, 1.165) is 0 Å². The van der Waals surface area contributed by atoms with Crippen molar-refractivity contribution < 1.29 is 21.1 Å². The SMILES string of the molecule is [Pt].c1ccc(-c2ccc(-c3ccccc3)c(-c3ccccc3)c2-c2ccccc2)cc1. The van der Waals surface area contributed by atoms with E-state index in [1.165, 1.54) is 44.5 Å². The molecule has 5 aromatic rings. The van der Waals surface area contributed by atoms with E-state index in [-0.39, 0.29) is 21.1 Å². The summed E-state index contributed by atoms with van der Waals surface area (Å²) in [6, 6.07) is 47.4. The van der Waals surface area contributed by atoms with Crippen LogP contribution in [0.15, 0.2) is 133 Å². The van der Waals surface area contributed by atoms with Gasteiger partial charge in [0.1, 0.15) is 0 Å². The van der Waals surface area contributed by atoms with Crippen LogP contribution in [0.2, 0.25) is 0 Å². The number of rotatable bonds is 4. The number of benzene rings is 5. The van der Waals surface area contributed by atoms with Crippen LogP contribution in [0.1, 0.15) is 0 Å². The van der Waals surface area contributed by atoms with Gasteiger partial charge < -0.3 is 0 Å². The zero-order chi connectivity index (χ0) is 20.2. The van der Waals surface area contributed by atoms with Gasteiger partial charge in [-0.05, 0) is 44.5 Å². The summed E-state index contributed by atoms with van der Waals surface area (Å²) >= 11 is 0. The van der Waals surface area contributed by atoms with Crippen molar-refractivity contribution >= 4 is 0 Å². The van der Waals surface area contributed by atoms with E-state index in [2.05, 4.69) is 133 Å². The van der Waals surface area contributed by atoms with Gasteiger partial charge in [0, 0.05) is 21.1 Å². The molecule has 0 unspecified atom stereocenters. The summed E-state index contributed by atoms with van der Waals surface area (Å²) in [5, 5.41) is 0. The van der Waals surface area contributed by atoms with Crippen molar-refractivity contribution in [2.75, 3.05) is 0 Å². The third kappa shape index (κ3) is 4.31. The fourth-order valence-corrected chi connectivity index (χ4v) is 4.13. The van der Waals surface area contributed by atoms with Gasteiger partial charge in [0.05, 0.1) is 0 Å². The molecule has 0 aliphatic carbocycles. The second-order valence-electron chi connectivity index (χ2n) is 7.37. The van der Waals surface area contributed by atoms with Gasteiger partial charge in [-0.1, -0.05) is 133 Å². The minimum absolute atomic E-state index is 0. The van der Waals surface area contributed by atoms with Crippen LogP contribution in [0.5, 0.6) is 0 Å². The minimum atomic E-state index is 0. The van der Waals surface area contributed by atoms with Crippen molar-refractivity contribution in [2.45, 2.75) is 0 Å². The maximum atomic E-state index is 2.27. The Morgan fingerprint density at radius 1 is 0.258 bits per heavy atom. The Kier molecular flexibility index (Phi) is 6.60. The molecule has 0 atom stereocenters. The Morgan fingerprint density at radius 3 is 0.806 bits per heavy atom. The maximum Gasteiger partial charge on any atom is 0 e. The maximum absolute atomic E-state index is 2.27. The van der Waals surface area contributed by atoms with E-state index in [1.54, 1.807) is 0 Å². The van der Waals surface area contributed by atoms with Gasteiger partial charge in [-0.3, -0.25) is 0 Å². The zero-order valence-corrected chi connectivity index (χ0v) is 19.3. The summed E-state index contributed by atoms with van der Waals surface area (Å²) in [6.45, 7) is 0. The zero-order valence-electron chi connectivity index (χ0n) is 17.0. The second kappa shape index (κ2) is 9.73. The van der Waals surface area contributed by atoms with Crippen LogP contribution in [-0.4, -0.2) is 0 Å². The van der Waals surface area contributed by atoms with Gasteiger partial charge in [0.15, 0.2) is 0 Å². The average Bonchev–Trinajstić information content (AvgIpc) is 2.85. The van der Waals surface area contributed by atoms with Gasteiger partial charge in [-0.2, -0.15) is 0 Å². The molecule has 0 amide bonds. The molecule has 0 saturated heterocycles. The smallest absolute Gasteiger partial charge is 0 e. The summed E-state index contributed by atoms with van der Waals surface area (Å²) in [6.07, 6.45) is 0. The first-order valence-corrected chi connectivity index (χ1v) is 10.3. The molecular formula is C30H22Pt. The predicted octanol–water partition coefficient (Wildman–Crippen LogP) is 8.35. The summed E-state index contributed by atoms with van der Waals surface area (Å²) in [4.78, 5) is 0. The van der Waals surface area contributed by atoms with E-state index in [1.807, 2.05) is 0 Å². The standard InChI is InChI=1S/C30H22.Pt/c1-5-13-23(14-6-1)27-21-22-28(24-15-7-2-8-16-24)30(26-19-11-4-12-20-26)29(27)25-17-9-3-10-18-25;/h1-22H;. The van der Waals surface area contributed by atoms with Crippen molar-refractivity contribution in [3.05, 3.63) is 133 Å². The third-order valence-corrected chi connectivity index (χ3v) is 5.50. The van der Waals surface area contributed by atoms with E-state index < -0.39 is 0 Å². The van der Waals surface area contributed by atoms with Crippen LogP contribution in [0.3, 0.4) is 0 Å². The van der Waals surface area contributed by atoms with E-state index >= 15 is 0 Å². The minimum Gasteiger partial charge on any atom is -0.0622 e. The Hall–Kier alpha value is -3.21. The predicted molar refractivity (Wildman–Crippen MR) is 128 cm³/mol. The summed E-state index contributed by atoms with van der Waals surface area (Å²) in [5.41, 5.74) is 9.96.